The van der Waals surface area contributed by atoms with Gasteiger partial charge in [-0.1, -0.05) is 114 Å². The van der Waals surface area contributed by atoms with Gasteiger partial charge in [-0.05, 0) is 137 Å². The van der Waals surface area contributed by atoms with E-state index in [0.717, 1.165) is 34.4 Å². The van der Waals surface area contributed by atoms with Gasteiger partial charge in [0.25, 0.3) is 23.6 Å². The highest BCUT2D eigenvalue weighted by atomic mass is 19.1. The van der Waals surface area contributed by atoms with Crippen LogP contribution in [-0.4, -0.2) is 225 Å². The van der Waals surface area contributed by atoms with Crippen molar-refractivity contribution < 1.29 is 111 Å². The van der Waals surface area contributed by atoms with Gasteiger partial charge in [0.05, 0.1) is 44.4 Å². The maximum Gasteiger partial charge on any atom is 0.325 e. The monoisotopic (exact) mass is 1660 g/mol. The Morgan fingerprint density at radius 1 is 0.580 bits per heavy atom. The maximum atomic E-state index is 14.4. The summed E-state index contributed by atoms with van der Waals surface area (Å²) in [5.74, 6) is -13.6. The number of hydrogen-bond acceptors (Lipinski definition) is 23. The number of hydrogen-bond donors (Lipinski definition) is 11. The van der Waals surface area contributed by atoms with Gasteiger partial charge < -0.3 is 65.9 Å². The summed E-state index contributed by atoms with van der Waals surface area (Å²) in [6.07, 6.45) is 18.8. The normalized spacial score (nSPS) is 27.2. The summed E-state index contributed by atoms with van der Waals surface area (Å²) in [6, 6.07) is -0.708. The number of aliphatic hydroxyl groups is 3. The van der Waals surface area contributed by atoms with E-state index in [1.54, 1.807) is 103 Å². The van der Waals surface area contributed by atoms with Crippen molar-refractivity contribution in [2.24, 2.45) is 29.6 Å². The van der Waals surface area contributed by atoms with E-state index in [1.165, 1.54) is 108 Å². The van der Waals surface area contributed by atoms with Crippen molar-refractivity contribution in [2.75, 3.05) is 41.4 Å². The van der Waals surface area contributed by atoms with E-state index in [1.807, 2.05) is 0 Å². The summed E-state index contributed by atoms with van der Waals surface area (Å²) in [7, 11) is 5.60. The van der Waals surface area contributed by atoms with Gasteiger partial charge in [0.15, 0.2) is 0 Å². The number of fused-ring (bicyclic) bond motifs is 4. The number of phenols is 2. The van der Waals surface area contributed by atoms with Gasteiger partial charge in [-0.15, -0.1) is 0 Å². The zero-order valence-corrected chi connectivity index (χ0v) is 70.1. The molecule has 33 heteroatoms. The van der Waals surface area contributed by atoms with Crippen LogP contribution in [0, 0.1) is 41.2 Å². The molecule has 11 N–H and O–H groups in total. The molecule has 0 radical (unpaired) electrons. The Labute approximate surface area is 693 Å². The third kappa shape index (κ3) is 32.2. The summed E-state index contributed by atoms with van der Waals surface area (Å²) in [5, 5.41) is 69.4. The molecule has 652 valence electrons. The molecular formula is C86H118F2N10O21. The molecule has 6 rings (SSSR count). The second-order valence-corrected chi connectivity index (χ2v) is 30.7. The van der Waals surface area contributed by atoms with E-state index in [4.69, 9.17) is 19.1 Å². The number of nitrogens with one attached hydrogen (secondary N) is 6. The fourth-order valence-electron chi connectivity index (χ4n) is 13.1. The molecule has 4 bridgehead atoms. The zero-order chi connectivity index (χ0) is 88.5. The number of hydrazine groups is 2. The van der Waals surface area contributed by atoms with Gasteiger partial charge in [-0.2, -0.15) is 0 Å². The minimum absolute atomic E-state index is 0.00363. The predicted molar refractivity (Wildman–Crippen MR) is 435 cm³/mol. The van der Waals surface area contributed by atoms with Crippen molar-refractivity contribution in [1.29, 1.82) is 0 Å². The van der Waals surface area contributed by atoms with Crippen LogP contribution in [0.2, 0.25) is 0 Å². The fraction of sp³-hybridized carbons (Fsp3) is 0.512. The molecule has 2 fully saturated rings. The Balaban J connectivity index is 0.000000424. The maximum absolute atomic E-state index is 14.4. The van der Waals surface area contributed by atoms with Crippen LogP contribution in [0.5, 0.6) is 11.5 Å². The van der Waals surface area contributed by atoms with Gasteiger partial charge in [0.2, 0.25) is 23.6 Å². The molecule has 4 aliphatic heterocycles. The number of rotatable bonds is 20. The summed E-state index contributed by atoms with van der Waals surface area (Å²) in [4.78, 5) is 170. The molecule has 2 saturated heterocycles. The Bertz CT molecular complexity index is 4130. The van der Waals surface area contributed by atoms with E-state index in [0.29, 0.717) is 36.0 Å². The van der Waals surface area contributed by atoms with E-state index in [-0.39, 0.29) is 93.6 Å². The molecule has 8 amide bonds. The first-order chi connectivity index (χ1) is 56.2. The first-order valence-corrected chi connectivity index (χ1v) is 39.7. The molecular weight excluding hydrogens is 1550 g/mol. The largest absolute Gasteiger partial charge is 0.508 e. The summed E-state index contributed by atoms with van der Waals surface area (Å²) < 4.78 is 40.8. The quantitative estimate of drug-likeness (QED) is 0.0317. The molecule has 0 aromatic heterocycles. The number of benzene rings is 2. The van der Waals surface area contributed by atoms with Crippen molar-refractivity contribution in [3.8, 4) is 11.5 Å². The highest BCUT2D eigenvalue weighted by molar-refractivity contribution is 5.95. The second kappa shape index (κ2) is 49.0. The van der Waals surface area contributed by atoms with E-state index >= 15 is 0 Å². The first-order valence-electron chi connectivity index (χ1n) is 39.7. The average molecular weight is 1670 g/mol. The number of carbonyl (C=O) groups excluding carboxylic acids is 12. The number of ketones is 2. The number of esters is 2. The van der Waals surface area contributed by atoms with Crippen LogP contribution in [-0.2, 0) is 89.5 Å². The number of ether oxygens (including phenoxy) is 2. The number of halogens is 2. The van der Waals surface area contributed by atoms with Gasteiger partial charge in [-0.25, -0.2) is 29.8 Å². The van der Waals surface area contributed by atoms with Crippen LogP contribution in [0.15, 0.2) is 144 Å². The second-order valence-electron chi connectivity index (χ2n) is 30.7. The van der Waals surface area contributed by atoms with Gasteiger partial charge in [0.1, 0.15) is 83.2 Å². The summed E-state index contributed by atoms with van der Waals surface area (Å²) in [5.41, 5.74) is 7.78. The molecule has 2 unspecified atom stereocenters. The van der Waals surface area contributed by atoms with E-state index in [2.05, 4.69) is 32.1 Å². The topological polar surface area (TPSA) is 428 Å². The standard InChI is InChI=1S/C43H60FN5O11.C43H58FN5O10/c1-25(2)38-41(56)45-34(23-29-21-30(44)24-31(51)22-29)42(57)49-20-12-14-33(47-49)43(58)60-36(26(3)13-11-17-37(53)48(6)59-7)16-10-8-9-15-35(52)28(5)39(54)32(40(55)46-38)19-18-27(4)50;1-26(2)38-41(55)45-35(24-30-22-31(44)25-32(51)23-30)42(56)49-21-13-16-34(47-49)43(57)59-36(27(3)15-12-18-37(52)48(6)58-7)17-11-9-8-10-14-28(4)39(53)33(40(54)46-38)20-19-29(5)50/h8-11,13,15,17,21-22,24-25,28,32-36,38-39,47,51-52,54H,12,14,16,18-20,23H2,1-7H3,(H,45,56)(H,46,55);8-12,14-15,18,22-23,25-26,33-36,38-39,47,51,53H,13,16-17,19-21,24H2,1-7H3,(H,45,55)(H,46,54)/b10-8+,15-9+,17-11+,26-13+;10-8+,11-9+,18-12+,27-15+,28-14+/t28-,32+,33?,34-,35-,36-,38-,39+;33-,34?,35+,36+,38+,39-/m01/s1. The number of Topliss-reactive ketones (excluding diaryl/α,β-unsaturated/α-hetero) is 2. The van der Waals surface area contributed by atoms with Crippen molar-refractivity contribution in [1.82, 2.24) is 52.3 Å². The number of phenolic OH excluding ortho intramolecular Hbond substituents is 2. The average Bonchev–Trinajstić information content (AvgIpc) is 0.826. The van der Waals surface area contributed by atoms with Crippen LogP contribution >= 0.6 is 0 Å². The first kappa shape index (κ1) is 98.9. The SMILES string of the molecule is CON(C)C(=O)/C=C/C=C(\C)[C@@H]1C/C=C/C=C/C=C(\C)[C@@H](O)[C@@H](CCC(C)=O)C(=O)N[C@@H](C(C)C)C(=O)N[C@@H](Cc2cc(O)cc(F)c2)C(=O)N2CCCC(N2)C(=O)O1.CON(C)C(=O)/C=C/C=C(\C)[C@@H]1C/C=C/C=C/[C@H](O)[C@H](C)[C@@H](O)[C@@H](CCC(C)=O)C(=O)N[C@@H](C(C)C)C(=O)N[C@@H](Cc2cc(O)cc(F)c2)C(=O)N2CCCC(N2)C(=O)O1. The summed E-state index contributed by atoms with van der Waals surface area (Å²) >= 11 is 0. The number of aromatic hydroxyl groups is 2. The smallest absolute Gasteiger partial charge is 0.325 e. The van der Waals surface area contributed by atoms with Gasteiger partial charge in [0, 0.05) is 95.9 Å². The predicted octanol–water partition coefficient (Wildman–Crippen LogP) is 5.93. The number of hydroxylamine groups is 4. The minimum atomic E-state index is -1.46. The molecule has 2 aromatic rings. The van der Waals surface area contributed by atoms with Crippen LogP contribution in [0.3, 0.4) is 0 Å². The fourth-order valence-corrected chi connectivity index (χ4v) is 13.1. The molecule has 0 spiro atoms. The highest BCUT2D eigenvalue weighted by Gasteiger charge is 2.42. The summed E-state index contributed by atoms with van der Waals surface area (Å²) in [6.45, 7) is 16.3. The van der Waals surface area contributed by atoms with Crippen LogP contribution < -0.4 is 32.1 Å². The Morgan fingerprint density at radius 3 is 1.39 bits per heavy atom. The zero-order valence-electron chi connectivity index (χ0n) is 70.1. The number of allylic oxidation sites excluding steroid dienone is 10. The molecule has 0 saturated carbocycles. The number of amides is 8. The molecule has 2 aromatic carbocycles. The van der Waals surface area contributed by atoms with Crippen LogP contribution in [0.4, 0.5) is 8.78 Å². The van der Waals surface area contributed by atoms with Gasteiger partial charge in [-0.3, -0.25) is 67.6 Å². The molecule has 119 heavy (non-hydrogen) atoms. The molecule has 4 heterocycles. The number of carbonyl (C=O) groups is 12. The number of likely N-dealkylation sites (N-methyl/N-ethyl adjacent to an activating group) is 2. The third-order valence-corrected chi connectivity index (χ3v) is 20.5. The number of cyclic esters (lactones) is 2. The lowest BCUT2D eigenvalue weighted by atomic mass is 9.84. The molecule has 4 aliphatic rings. The third-order valence-electron chi connectivity index (χ3n) is 20.5. The Kier molecular flexibility index (Phi) is 40.7. The van der Waals surface area contributed by atoms with Crippen molar-refractivity contribution in [3.05, 3.63) is 167 Å². The molecule has 0 aliphatic carbocycles. The van der Waals surface area contributed by atoms with E-state index in [9.17, 15) is 91.8 Å². The lowest BCUT2D eigenvalue weighted by Gasteiger charge is -2.36. The Morgan fingerprint density at radius 2 is 0.992 bits per heavy atom. The molecule has 14 atom stereocenters. The van der Waals surface area contributed by atoms with Gasteiger partial charge >= 0.3 is 11.9 Å². The lowest BCUT2D eigenvalue weighted by Crippen LogP contribution is -2.62. The van der Waals surface area contributed by atoms with Crippen LogP contribution in [0.25, 0.3) is 0 Å². The molecule has 31 nitrogen and oxygen atoms in total. The number of nitrogens with zero attached hydrogens (tertiary/aromatic N) is 4. The van der Waals surface area contributed by atoms with Crippen molar-refractivity contribution in [3.63, 3.8) is 0 Å². The van der Waals surface area contributed by atoms with Crippen molar-refractivity contribution in [2.45, 2.75) is 213 Å². The minimum Gasteiger partial charge on any atom is -0.508 e. The lowest BCUT2D eigenvalue weighted by molar-refractivity contribution is -0.163. The van der Waals surface area contributed by atoms with E-state index < -0.39 is 179 Å². The number of aliphatic hydroxyl groups excluding tert-OH is 3. The Hall–Kier alpha value is -10.7. The van der Waals surface area contributed by atoms with Crippen molar-refractivity contribution >= 4 is 70.8 Å². The highest BCUT2D eigenvalue weighted by Crippen LogP contribution is 2.28. The van der Waals surface area contributed by atoms with Crippen LogP contribution in [0.1, 0.15) is 145 Å².